The second kappa shape index (κ2) is 7.50. The molecule has 0 saturated heterocycles. The average Bonchev–Trinajstić information content (AvgIpc) is 2.99. The number of aromatic nitrogens is 2. The third-order valence-corrected chi connectivity index (χ3v) is 7.16. The lowest BCUT2D eigenvalue weighted by Crippen LogP contribution is -2.31. The summed E-state index contributed by atoms with van der Waals surface area (Å²) in [6.45, 7) is 5.02. The summed E-state index contributed by atoms with van der Waals surface area (Å²) in [6, 6.07) is 10.7. The van der Waals surface area contributed by atoms with Crippen molar-refractivity contribution in [1.29, 1.82) is 0 Å². The van der Waals surface area contributed by atoms with Gasteiger partial charge in [0.05, 0.1) is 12.2 Å². The van der Waals surface area contributed by atoms with E-state index in [2.05, 4.69) is 44.2 Å². The maximum atomic E-state index is 6.01. The van der Waals surface area contributed by atoms with Crippen LogP contribution < -0.4 is 0 Å². The Balaban J connectivity index is 1.67. The van der Waals surface area contributed by atoms with E-state index in [4.69, 9.17) is 14.7 Å². The first-order valence-electron chi connectivity index (χ1n) is 8.73. The highest BCUT2D eigenvalue weighted by Gasteiger charge is 2.31. The van der Waals surface area contributed by atoms with Crippen LogP contribution in [0.1, 0.15) is 29.9 Å². The van der Waals surface area contributed by atoms with Crippen LogP contribution in [0.3, 0.4) is 0 Å². The summed E-state index contributed by atoms with van der Waals surface area (Å²) in [7, 11) is 0. The van der Waals surface area contributed by atoms with Crippen LogP contribution in [0.25, 0.3) is 10.2 Å². The fraction of sp³-hybridized carbons (Fsp3) is 0.400. The normalized spacial score (nSPS) is 16.0. The smallest absolute Gasteiger partial charge is 0.189 e. The van der Waals surface area contributed by atoms with Crippen LogP contribution in [-0.4, -0.2) is 27.6 Å². The Labute approximate surface area is 167 Å². The van der Waals surface area contributed by atoms with Gasteiger partial charge in [0, 0.05) is 22.4 Å². The van der Waals surface area contributed by atoms with E-state index in [1.54, 1.807) is 23.1 Å². The summed E-state index contributed by atoms with van der Waals surface area (Å²) in [5, 5.41) is 3.25. The summed E-state index contributed by atoms with van der Waals surface area (Å²) in [5.41, 5.74) is 2.65. The molecule has 2 aromatic heterocycles. The first kappa shape index (κ1) is 18.3. The van der Waals surface area contributed by atoms with Crippen LogP contribution in [0.5, 0.6) is 0 Å². The van der Waals surface area contributed by atoms with Crippen molar-refractivity contribution in [2.24, 2.45) is 0 Å². The monoisotopic (exact) mass is 402 g/mol. The van der Waals surface area contributed by atoms with E-state index in [0.717, 1.165) is 33.6 Å². The zero-order valence-corrected chi connectivity index (χ0v) is 17.7. The molecule has 26 heavy (non-hydrogen) atoms. The maximum Gasteiger partial charge on any atom is 0.189 e. The highest BCUT2D eigenvalue weighted by atomic mass is 32.2. The maximum absolute atomic E-state index is 6.01. The Kier molecular flexibility index (Phi) is 5.28. The molecule has 0 amide bonds. The number of fused-ring (bicyclic) bond motifs is 3. The molecule has 1 aromatic carbocycles. The van der Waals surface area contributed by atoms with Crippen molar-refractivity contribution < 1.29 is 4.74 Å². The fourth-order valence-corrected chi connectivity index (χ4v) is 5.89. The zero-order valence-electron chi connectivity index (χ0n) is 15.2. The molecule has 4 rings (SSSR count). The van der Waals surface area contributed by atoms with E-state index >= 15 is 0 Å². The third kappa shape index (κ3) is 3.79. The first-order chi connectivity index (χ1) is 12.6. The molecule has 0 atom stereocenters. The summed E-state index contributed by atoms with van der Waals surface area (Å²) in [6.07, 6.45) is 4.02. The van der Waals surface area contributed by atoms with Gasteiger partial charge in [0.1, 0.15) is 9.86 Å². The largest absolute Gasteiger partial charge is 0.370 e. The van der Waals surface area contributed by atoms with Gasteiger partial charge in [-0.15, -0.1) is 23.1 Å². The van der Waals surface area contributed by atoms with Crippen molar-refractivity contribution in [1.82, 2.24) is 9.97 Å². The Bertz CT molecular complexity index is 922. The minimum atomic E-state index is -0.120. The Hall–Kier alpha value is -1.08. The first-order valence-corrected chi connectivity index (χ1v) is 11.8. The highest BCUT2D eigenvalue weighted by Crippen LogP contribution is 2.42. The van der Waals surface area contributed by atoms with Crippen molar-refractivity contribution >= 4 is 45.1 Å². The SMILES string of the molecule is CSc1nc(SCCc2ccccc2)c2c3c(sc2n1)COC(C)(C)C3. The standard InChI is InChI=1S/C20H22N2OS3/c1-20(2)11-14-15(12-23-20)26-18-16(14)17(21-19(22-18)24-3)25-10-9-13-7-5-4-6-8-13/h4-8H,9-12H2,1-3H3. The second-order valence-corrected chi connectivity index (χ2v) is 9.95. The predicted molar refractivity (Wildman–Crippen MR) is 113 cm³/mol. The molecule has 3 nitrogen and oxygen atoms in total. The van der Waals surface area contributed by atoms with Gasteiger partial charge in [-0.1, -0.05) is 42.1 Å². The minimum absolute atomic E-state index is 0.120. The summed E-state index contributed by atoms with van der Waals surface area (Å²) in [4.78, 5) is 12.1. The predicted octanol–water partition coefficient (Wildman–Crippen LogP) is 5.60. The van der Waals surface area contributed by atoms with Gasteiger partial charge in [-0.2, -0.15) is 0 Å². The Morgan fingerprint density at radius 1 is 1.19 bits per heavy atom. The second-order valence-electron chi connectivity index (χ2n) is 7.01. The van der Waals surface area contributed by atoms with Crippen molar-refractivity contribution in [3.05, 3.63) is 46.3 Å². The van der Waals surface area contributed by atoms with Crippen LogP contribution in [0.15, 0.2) is 40.5 Å². The van der Waals surface area contributed by atoms with E-state index < -0.39 is 0 Å². The molecule has 0 fully saturated rings. The lowest BCUT2D eigenvalue weighted by molar-refractivity contribution is -0.0379. The molecule has 1 aliphatic rings. The Morgan fingerprint density at radius 2 is 2.00 bits per heavy atom. The molecule has 0 N–H and O–H groups in total. The number of aryl methyl sites for hydroxylation is 1. The van der Waals surface area contributed by atoms with Gasteiger partial charge in [-0.3, -0.25) is 0 Å². The van der Waals surface area contributed by atoms with Gasteiger partial charge in [-0.05, 0) is 37.7 Å². The molecule has 1 aliphatic heterocycles. The summed E-state index contributed by atoms with van der Waals surface area (Å²) < 4.78 is 6.01. The molecule has 0 radical (unpaired) electrons. The van der Waals surface area contributed by atoms with Gasteiger partial charge in [-0.25, -0.2) is 9.97 Å². The molecule has 136 valence electrons. The van der Waals surface area contributed by atoms with Crippen LogP contribution in [0.4, 0.5) is 0 Å². The molecule has 3 aromatic rings. The lowest BCUT2D eigenvalue weighted by Gasteiger charge is -2.30. The van der Waals surface area contributed by atoms with Gasteiger partial charge < -0.3 is 4.74 Å². The van der Waals surface area contributed by atoms with Gasteiger partial charge >= 0.3 is 0 Å². The summed E-state index contributed by atoms with van der Waals surface area (Å²) in [5.74, 6) is 1.02. The zero-order chi connectivity index (χ0) is 18.1. The average molecular weight is 403 g/mol. The third-order valence-electron chi connectivity index (χ3n) is 4.53. The van der Waals surface area contributed by atoms with Gasteiger partial charge in [0.15, 0.2) is 5.16 Å². The number of hydrogen-bond donors (Lipinski definition) is 0. The number of thioether (sulfide) groups is 2. The van der Waals surface area contributed by atoms with E-state index in [-0.39, 0.29) is 5.60 Å². The fourth-order valence-electron chi connectivity index (χ4n) is 3.20. The van der Waals surface area contributed by atoms with Crippen LogP contribution in [-0.2, 0) is 24.2 Å². The summed E-state index contributed by atoms with van der Waals surface area (Å²) >= 11 is 5.24. The minimum Gasteiger partial charge on any atom is -0.370 e. The molecular formula is C20H22N2OS3. The molecule has 3 heterocycles. The van der Waals surface area contributed by atoms with E-state index in [1.807, 2.05) is 18.0 Å². The molecule has 0 bridgehead atoms. The van der Waals surface area contributed by atoms with Crippen molar-refractivity contribution in [2.45, 2.75) is 49.1 Å². The quantitative estimate of drug-likeness (QED) is 0.315. The van der Waals surface area contributed by atoms with Crippen LogP contribution in [0.2, 0.25) is 0 Å². The molecule has 0 saturated carbocycles. The van der Waals surface area contributed by atoms with Crippen molar-refractivity contribution in [3.63, 3.8) is 0 Å². The lowest BCUT2D eigenvalue weighted by atomic mass is 9.95. The molecular weight excluding hydrogens is 380 g/mol. The number of hydrogen-bond acceptors (Lipinski definition) is 6. The van der Waals surface area contributed by atoms with Gasteiger partial charge in [0.2, 0.25) is 0 Å². The molecule has 6 heteroatoms. The highest BCUT2D eigenvalue weighted by molar-refractivity contribution is 7.99. The van der Waals surface area contributed by atoms with E-state index in [9.17, 15) is 0 Å². The topological polar surface area (TPSA) is 35.0 Å². The van der Waals surface area contributed by atoms with Crippen LogP contribution in [0, 0.1) is 0 Å². The molecule has 0 unspecified atom stereocenters. The molecule has 0 spiro atoms. The van der Waals surface area contributed by atoms with Gasteiger partial charge in [0.25, 0.3) is 0 Å². The van der Waals surface area contributed by atoms with Crippen LogP contribution >= 0.6 is 34.9 Å². The number of thiophene rings is 1. The Morgan fingerprint density at radius 3 is 2.77 bits per heavy atom. The van der Waals surface area contributed by atoms with Crippen molar-refractivity contribution in [3.8, 4) is 0 Å². The van der Waals surface area contributed by atoms with Crippen molar-refractivity contribution in [2.75, 3.05) is 12.0 Å². The number of nitrogens with zero attached hydrogens (tertiary/aromatic N) is 2. The number of ether oxygens (including phenoxy) is 1. The molecule has 0 aliphatic carbocycles. The number of benzene rings is 1. The number of rotatable bonds is 5. The van der Waals surface area contributed by atoms with E-state index in [1.165, 1.54) is 21.4 Å². The van der Waals surface area contributed by atoms with E-state index in [0.29, 0.717) is 6.61 Å².